The Morgan fingerprint density at radius 3 is 2.50 bits per heavy atom. The summed E-state index contributed by atoms with van der Waals surface area (Å²) in [5.74, 6) is -0.0839. The molecule has 206 valence electrons. The molecule has 2 aliphatic heterocycles. The maximum atomic E-state index is 12.8. The Morgan fingerprint density at radius 1 is 1.16 bits per heavy atom. The van der Waals surface area contributed by atoms with E-state index in [-0.39, 0.29) is 11.9 Å². The smallest absolute Gasteiger partial charge is 0.253 e. The summed E-state index contributed by atoms with van der Waals surface area (Å²) >= 11 is 18.4. The summed E-state index contributed by atoms with van der Waals surface area (Å²) in [4.78, 5) is 24.4. The molecule has 6 nitrogen and oxygen atoms in total. The van der Waals surface area contributed by atoms with E-state index in [0.717, 1.165) is 54.6 Å². The van der Waals surface area contributed by atoms with Gasteiger partial charge in [-0.05, 0) is 95.4 Å². The van der Waals surface area contributed by atoms with Crippen LogP contribution in [0.5, 0.6) is 0 Å². The van der Waals surface area contributed by atoms with Crippen LogP contribution < -0.4 is 5.32 Å². The number of piperidine rings is 1. The number of nitrogens with one attached hydrogen (secondary N) is 1. The molecule has 1 amide bonds. The molecule has 1 N–H and O–H groups in total. The van der Waals surface area contributed by atoms with Crippen molar-refractivity contribution in [3.05, 3.63) is 62.9 Å². The van der Waals surface area contributed by atoms with E-state index in [2.05, 4.69) is 57.9 Å². The van der Waals surface area contributed by atoms with Gasteiger partial charge in [0.15, 0.2) is 5.11 Å². The van der Waals surface area contributed by atoms with Crippen LogP contribution in [0, 0.1) is 13.8 Å². The Kier molecular flexibility index (Phi) is 9.56. The first kappa shape index (κ1) is 29.1. The van der Waals surface area contributed by atoms with Gasteiger partial charge in [-0.25, -0.2) is 4.98 Å². The van der Waals surface area contributed by atoms with Gasteiger partial charge >= 0.3 is 0 Å². The molecule has 1 aromatic heterocycles. The van der Waals surface area contributed by atoms with Gasteiger partial charge in [0, 0.05) is 49.3 Å². The van der Waals surface area contributed by atoms with Crippen molar-refractivity contribution in [2.75, 3.05) is 26.2 Å². The van der Waals surface area contributed by atoms with Gasteiger partial charge in [-0.3, -0.25) is 4.79 Å². The fourth-order valence-electron chi connectivity index (χ4n) is 5.85. The molecule has 2 unspecified atom stereocenters. The number of benzene rings is 1. The van der Waals surface area contributed by atoms with Gasteiger partial charge < -0.3 is 20.0 Å². The van der Waals surface area contributed by atoms with Crippen molar-refractivity contribution >= 4 is 46.4 Å². The van der Waals surface area contributed by atoms with E-state index in [9.17, 15) is 4.79 Å². The number of hydrogen-bond donors (Lipinski definition) is 1. The molecule has 2 atom stereocenters. The number of hydrogen-bond acceptors (Lipinski definition) is 4. The molecule has 9 heteroatoms. The maximum absolute atomic E-state index is 12.8. The fourth-order valence-corrected chi connectivity index (χ4v) is 6.91. The van der Waals surface area contributed by atoms with Gasteiger partial charge in [-0.15, -0.1) is 0 Å². The summed E-state index contributed by atoms with van der Waals surface area (Å²) in [6, 6.07) is 11.3. The second-order valence-corrected chi connectivity index (χ2v) is 12.1. The van der Waals surface area contributed by atoms with Crippen LogP contribution in [-0.2, 0) is 0 Å². The molecule has 2 saturated heterocycles. The summed E-state index contributed by atoms with van der Waals surface area (Å²) in [5.41, 5.74) is 3.36. The van der Waals surface area contributed by atoms with Crippen molar-refractivity contribution in [2.45, 2.75) is 78.0 Å². The van der Waals surface area contributed by atoms with Crippen LogP contribution in [0.4, 0.5) is 0 Å². The zero-order valence-electron chi connectivity index (χ0n) is 23.0. The van der Waals surface area contributed by atoms with Crippen LogP contribution in [0.1, 0.15) is 73.3 Å². The number of carbonyl (C=O) groups excluding carboxylic acids is 1. The lowest BCUT2D eigenvalue weighted by atomic mass is 9.98. The first-order valence-electron chi connectivity index (χ1n) is 13.6. The molecule has 0 radical (unpaired) electrons. The lowest BCUT2D eigenvalue weighted by Crippen LogP contribution is -2.49. The van der Waals surface area contributed by atoms with Crippen LogP contribution in [-0.4, -0.2) is 75.0 Å². The monoisotopic (exact) mass is 575 g/mol. The summed E-state index contributed by atoms with van der Waals surface area (Å²) < 4.78 is 0. The van der Waals surface area contributed by atoms with Gasteiger partial charge in [0.1, 0.15) is 5.15 Å². The third kappa shape index (κ3) is 6.44. The number of halogens is 2. The molecule has 3 heterocycles. The third-order valence-corrected chi connectivity index (χ3v) is 8.86. The van der Waals surface area contributed by atoms with E-state index in [1.54, 1.807) is 6.07 Å². The molecular formula is C29H39Cl2N5OS. The highest BCUT2D eigenvalue weighted by atomic mass is 35.5. The van der Waals surface area contributed by atoms with Crippen molar-refractivity contribution in [1.29, 1.82) is 0 Å². The van der Waals surface area contributed by atoms with Gasteiger partial charge in [0.25, 0.3) is 5.91 Å². The average Bonchev–Trinajstić information content (AvgIpc) is 3.20. The quantitative estimate of drug-likeness (QED) is 0.306. The SMILES string of the molecule is Cc1cc(Cl)nc(C)c1C(=O)NCCC(C)N1CCC(N2C(=S)N(C(C)C)CC2c2cccc(Cl)c2)CC1. The van der Waals surface area contributed by atoms with Crippen LogP contribution in [0.2, 0.25) is 10.2 Å². The Morgan fingerprint density at radius 2 is 1.87 bits per heavy atom. The van der Waals surface area contributed by atoms with E-state index in [4.69, 9.17) is 35.4 Å². The first-order valence-corrected chi connectivity index (χ1v) is 14.7. The summed E-state index contributed by atoms with van der Waals surface area (Å²) in [5, 5.41) is 5.23. The number of likely N-dealkylation sites (tertiary alicyclic amines) is 1. The normalized spacial score (nSPS) is 19.9. The van der Waals surface area contributed by atoms with Crippen molar-refractivity contribution < 1.29 is 4.79 Å². The molecule has 2 aromatic rings. The second kappa shape index (κ2) is 12.5. The average molecular weight is 577 g/mol. The summed E-state index contributed by atoms with van der Waals surface area (Å²) in [6.07, 6.45) is 3.02. The zero-order chi connectivity index (χ0) is 27.6. The molecular weight excluding hydrogens is 537 g/mol. The van der Waals surface area contributed by atoms with E-state index in [1.807, 2.05) is 26.0 Å². The Hall–Kier alpha value is -1.93. The van der Waals surface area contributed by atoms with Crippen LogP contribution in [0.25, 0.3) is 0 Å². The number of amides is 1. The Bertz CT molecular complexity index is 1140. The molecule has 38 heavy (non-hydrogen) atoms. The van der Waals surface area contributed by atoms with Crippen molar-refractivity contribution in [2.24, 2.45) is 0 Å². The number of aryl methyl sites for hydroxylation is 2. The van der Waals surface area contributed by atoms with E-state index in [0.29, 0.717) is 41.1 Å². The van der Waals surface area contributed by atoms with Gasteiger partial charge in [-0.1, -0.05) is 35.3 Å². The van der Waals surface area contributed by atoms with Crippen molar-refractivity contribution in [3.63, 3.8) is 0 Å². The van der Waals surface area contributed by atoms with E-state index in [1.165, 1.54) is 5.56 Å². The Balaban J connectivity index is 1.33. The molecule has 0 bridgehead atoms. The minimum atomic E-state index is -0.0839. The minimum absolute atomic E-state index is 0.0839. The molecule has 4 rings (SSSR count). The standard InChI is InChI=1S/C29H39Cl2N5OS/c1-18(2)35-17-25(22-7-6-8-23(30)16-22)36(29(35)38)24-10-13-34(14-11-24)20(4)9-12-32-28(37)27-19(3)15-26(31)33-21(27)5/h6-8,15-16,18,20,24-25H,9-14,17H2,1-5H3,(H,32,37). The highest BCUT2D eigenvalue weighted by Crippen LogP contribution is 2.36. The predicted octanol–water partition coefficient (Wildman–Crippen LogP) is 6.03. The number of rotatable bonds is 8. The topological polar surface area (TPSA) is 51.7 Å². The molecule has 1 aromatic carbocycles. The second-order valence-electron chi connectivity index (χ2n) is 10.9. The van der Waals surface area contributed by atoms with Gasteiger partial charge in [-0.2, -0.15) is 0 Å². The van der Waals surface area contributed by atoms with Crippen molar-refractivity contribution in [1.82, 2.24) is 25.0 Å². The van der Waals surface area contributed by atoms with Crippen LogP contribution >= 0.6 is 35.4 Å². The molecule has 0 saturated carbocycles. The molecule has 2 aliphatic rings. The molecule has 2 fully saturated rings. The fraction of sp³-hybridized carbons (Fsp3) is 0.552. The summed E-state index contributed by atoms with van der Waals surface area (Å²) in [6.45, 7) is 13.9. The maximum Gasteiger partial charge on any atom is 0.253 e. The van der Waals surface area contributed by atoms with Crippen LogP contribution in [0.3, 0.4) is 0 Å². The van der Waals surface area contributed by atoms with Gasteiger partial charge in [0.2, 0.25) is 0 Å². The zero-order valence-corrected chi connectivity index (χ0v) is 25.3. The largest absolute Gasteiger partial charge is 0.352 e. The third-order valence-electron chi connectivity index (χ3n) is 7.99. The van der Waals surface area contributed by atoms with Crippen molar-refractivity contribution in [3.8, 4) is 0 Å². The number of nitrogens with zero attached hydrogens (tertiary/aromatic N) is 4. The highest BCUT2D eigenvalue weighted by molar-refractivity contribution is 7.80. The van der Waals surface area contributed by atoms with E-state index < -0.39 is 0 Å². The number of carbonyl (C=O) groups is 1. The summed E-state index contributed by atoms with van der Waals surface area (Å²) in [7, 11) is 0. The van der Waals surface area contributed by atoms with E-state index >= 15 is 0 Å². The predicted molar refractivity (Wildman–Crippen MR) is 160 cm³/mol. The van der Waals surface area contributed by atoms with Gasteiger partial charge in [0.05, 0.1) is 17.3 Å². The molecule has 0 aliphatic carbocycles. The van der Waals surface area contributed by atoms with Crippen LogP contribution in [0.15, 0.2) is 30.3 Å². The number of aromatic nitrogens is 1. The first-order chi connectivity index (χ1) is 18.1. The molecule has 0 spiro atoms. The highest BCUT2D eigenvalue weighted by Gasteiger charge is 2.41. The lowest BCUT2D eigenvalue weighted by Gasteiger charge is -2.42. The Labute approximate surface area is 242 Å². The lowest BCUT2D eigenvalue weighted by molar-refractivity contribution is 0.0930. The number of thiocarbonyl (C=S) groups is 1. The minimum Gasteiger partial charge on any atom is -0.352 e. The number of pyridine rings is 1.